The fourth-order valence-corrected chi connectivity index (χ4v) is 4.40. The average Bonchev–Trinajstić information content (AvgIpc) is 3.62. The maximum absolute atomic E-state index is 12.6. The Labute approximate surface area is 205 Å². The van der Waals surface area contributed by atoms with Gasteiger partial charge in [0.1, 0.15) is 6.10 Å². The second kappa shape index (κ2) is 10.2. The van der Waals surface area contributed by atoms with Gasteiger partial charge in [0.05, 0.1) is 32.0 Å². The summed E-state index contributed by atoms with van der Waals surface area (Å²) in [6.45, 7) is 1.06. The molecular weight excluding hydrogens is 468 g/mol. The quantitative estimate of drug-likeness (QED) is 0.483. The van der Waals surface area contributed by atoms with E-state index in [4.69, 9.17) is 14.2 Å². The van der Waals surface area contributed by atoms with Crippen LogP contribution in [0.4, 0.5) is 5.13 Å². The average molecular weight is 492 g/mol. The second-order valence-corrected chi connectivity index (χ2v) is 8.75. The lowest BCUT2D eigenvalue weighted by molar-refractivity contribution is -0.425. The van der Waals surface area contributed by atoms with Gasteiger partial charge in [-0.25, -0.2) is 4.79 Å². The molecule has 178 valence electrons. The molecular formula is C25H23N4O5S+. The summed E-state index contributed by atoms with van der Waals surface area (Å²) in [6.07, 6.45) is 3.92. The first kappa shape index (κ1) is 22.9. The van der Waals surface area contributed by atoms with Crippen molar-refractivity contribution >= 4 is 40.3 Å². The van der Waals surface area contributed by atoms with E-state index in [1.165, 1.54) is 10.7 Å². The molecule has 10 heteroatoms. The topological polar surface area (TPSA) is 103 Å². The molecule has 0 saturated carbocycles. The standard InChI is InChI=1S/C25H22N4O5S/c1-32-20-8-7-17(11-21(20)34-19-9-10-33-15-19)18-12-23(31)29(13-18)14-22(30)26-25-27-24(28-35-25)16-5-3-2-4-6-16/h2-8,11-13,19H,9-10,14-15H2,1H3/p+1/t19-/m1/s1. The lowest BCUT2D eigenvalue weighted by Crippen LogP contribution is -2.28. The van der Waals surface area contributed by atoms with Crippen LogP contribution in [0, 0.1) is 0 Å². The molecule has 5 rings (SSSR count). The van der Waals surface area contributed by atoms with Crippen LogP contribution in [-0.4, -0.2) is 64.9 Å². The molecule has 0 radical (unpaired) electrons. The largest absolute Gasteiger partial charge is 0.493 e. The number of carbonyl (C=O) groups is 2. The van der Waals surface area contributed by atoms with E-state index in [9.17, 15) is 9.59 Å². The van der Waals surface area contributed by atoms with Crippen LogP contribution in [0.5, 0.6) is 11.5 Å². The summed E-state index contributed by atoms with van der Waals surface area (Å²) in [7, 11) is 1.58. The van der Waals surface area contributed by atoms with Gasteiger partial charge in [-0.1, -0.05) is 36.4 Å². The molecule has 2 aliphatic heterocycles. The number of ether oxygens (including phenoxy) is 3. The van der Waals surface area contributed by atoms with Crippen molar-refractivity contribution in [3.8, 4) is 22.9 Å². The summed E-state index contributed by atoms with van der Waals surface area (Å²) >= 11 is 1.09. The molecule has 0 bridgehead atoms. The fraction of sp³-hybridized carbons (Fsp3) is 0.240. The summed E-state index contributed by atoms with van der Waals surface area (Å²) in [5.41, 5.74) is 2.33. The molecule has 0 unspecified atom stereocenters. The first-order valence-corrected chi connectivity index (χ1v) is 11.9. The number of methoxy groups -OCH3 is 1. The Balaban J connectivity index is 1.26. The third-order valence-electron chi connectivity index (χ3n) is 5.55. The minimum atomic E-state index is -0.361. The van der Waals surface area contributed by atoms with Gasteiger partial charge < -0.3 is 14.2 Å². The van der Waals surface area contributed by atoms with Crippen LogP contribution >= 0.6 is 11.5 Å². The maximum Gasteiger partial charge on any atom is 0.413 e. The number of amides is 2. The molecule has 2 aliphatic rings. The van der Waals surface area contributed by atoms with Crippen LogP contribution in [0.15, 0.2) is 54.6 Å². The highest BCUT2D eigenvalue weighted by molar-refractivity contribution is 7.10. The van der Waals surface area contributed by atoms with Crippen LogP contribution in [0.3, 0.4) is 0 Å². The number of nitrogens with one attached hydrogen (secondary N) is 1. The van der Waals surface area contributed by atoms with Gasteiger partial charge in [-0.15, -0.1) is 0 Å². The number of anilines is 1. The first-order chi connectivity index (χ1) is 17.1. The highest BCUT2D eigenvalue weighted by atomic mass is 32.1. The Morgan fingerprint density at radius 1 is 1.20 bits per heavy atom. The van der Waals surface area contributed by atoms with Crippen molar-refractivity contribution in [1.82, 2.24) is 9.36 Å². The van der Waals surface area contributed by atoms with Crippen molar-refractivity contribution in [2.75, 3.05) is 32.2 Å². The minimum Gasteiger partial charge on any atom is -0.493 e. The van der Waals surface area contributed by atoms with E-state index >= 15 is 0 Å². The van der Waals surface area contributed by atoms with Crippen LogP contribution in [-0.2, 0) is 14.3 Å². The van der Waals surface area contributed by atoms with Gasteiger partial charge in [0.15, 0.2) is 23.5 Å². The minimum absolute atomic E-state index is 0.0368. The summed E-state index contributed by atoms with van der Waals surface area (Å²) in [6, 6.07) is 15.0. The van der Waals surface area contributed by atoms with Crippen LogP contribution in [0.25, 0.3) is 17.0 Å². The molecule has 0 aliphatic carbocycles. The molecule has 1 saturated heterocycles. The molecule has 9 nitrogen and oxygen atoms in total. The van der Waals surface area contributed by atoms with Crippen molar-refractivity contribution in [3.63, 3.8) is 0 Å². The number of nitrogens with zero attached hydrogens (tertiary/aromatic N) is 3. The van der Waals surface area contributed by atoms with Crippen molar-refractivity contribution < 1.29 is 28.4 Å². The van der Waals surface area contributed by atoms with E-state index in [1.807, 2.05) is 42.5 Å². The zero-order chi connectivity index (χ0) is 24.2. The van der Waals surface area contributed by atoms with E-state index in [0.717, 1.165) is 29.1 Å². The van der Waals surface area contributed by atoms with E-state index < -0.39 is 0 Å². The van der Waals surface area contributed by atoms with E-state index in [2.05, 4.69) is 14.7 Å². The molecule has 1 fully saturated rings. The van der Waals surface area contributed by atoms with Crippen molar-refractivity contribution in [1.29, 1.82) is 0 Å². The predicted octanol–water partition coefficient (Wildman–Crippen LogP) is 3.03. The van der Waals surface area contributed by atoms with Gasteiger partial charge in [0.25, 0.3) is 5.91 Å². The van der Waals surface area contributed by atoms with Gasteiger partial charge in [0.2, 0.25) is 11.7 Å². The van der Waals surface area contributed by atoms with Crippen LogP contribution < -0.4 is 14.8 Å². The zero-order valence-electron chi connectivity index (χ0n) is 19.0. The Morgan fingerprint density at radius 2 is 2.06 bits per heavy atom. The highest BCUT2D eigenvalue weighted by Crippen LogP contribution is 2.32. The van der Waals surface area contributed by atoms with Gasteiger partial charge in [-0.2, -0.15) is 13.9 Å². The molecule has 1 N–H and O–H groups in total. The highest BCUT2D eigenvalue weighted by Gasteiger charge is 2.28. The number of rotatable bonds is 8. The molecule has 1 aromatic heterocycles. The number of aromatic nitrogens is 2. The Morgan fingerprint density at radius 3 is 2.83 bits per heavy atom. The number of allylic oxidation sites excluding steroid dienone is 1. The molecule has 3 aromatic rings. The van der Waals surface area contributed by atoms with E-state index in [-0.39, 0.29) is 24.5 Å². The molecule has 2 amide bonds. The van der Waals surface area contributed by atoms with E-state index in [1.54, 1.807) is 19.4 Å². The van der Waals surface area contributed by atoms with Crippen LogP contribution in [0.2, 0.25) is 0 Å². The smallest absolute Gasteiger partial charge is 0.413 e. The van der Waals surface area contributed by atoms with E-state index in [0.29, 0.717) is 41.2 Å². The Hall–Kier alpha value is -3.89. The summed E-state index contributed by atoms with van der Waals surface area (Å²) in [5.74, 6) is 1.10. The zero-order valence-corrected chi connectivity index (χ0v) is 19.8. The third kappa shape index (κ3) is 5.28. The second-order valence-electron chi connectivity index (χ2n) is 8.00. The maximum atomic E-state index is 12.6. The summed E-state index contributed by atoms with van der Waals surface area (Å²) < 4.78 is 22.5. The molecule has 1 atom stereocenters. The number of hydrogen-bond donors (Lipinski definition) is 1. The predicted molar refractivity (Wildman–Crippen MR) is 131 cm³/mol. The monoisotopic (exact) mass is 491 g/mol. The molecule has 3 heterocycles. The lowest BCUT2D eigenvalue weighted by Gasteiger charge is -2.15. The number of carbonyl (C=O) groups excluding carboxylic acids is 2. The Bertz CT molecular complexity index is 1310. The van der Waals surface area contributed by atoms with Gasteiger partial charge in [-0.05, 0) is 17.7 Å². The van der Waals surface area contributed by atoms with Crippen LogP contribution in [0.1, 0.15) is 12.0 Å². The lowest BCUT2D eigenvalue weighted by atomic mass is 10.1. The van der Waals surface area contributed by atoms with Crippen molar-refractivity contribution in [2.24, 2.45) is 0 Å². The third-order valence-corrected chi connectivity index (χ3v) is 6.18. The summed E-state index contributed by atoms with van der Waals surface area (Å²) in [5, 5.41) is 3.10. The molecule has 35 heavy (non-hydrogen) atoms. The number of benzene rings is 2. The van der Waals surface area contributed by atoms with Gasteiger partial charge >= 0.3 is 5.91 Å². The normalized spacial score (nSPS) is 17.2. The fourth-order valence-electron chi connectivity index (χ4n) is 3.79. The molecule has 0 spiro atoms. The summed E-state index contributed by atoms with van der Waals surface area (Å²) in [4.78, 5) is 29.5. The number of hydrogen-bond acceptors (Lipinski definition) is 8. The van der Waals surface area contributed by atoms with Crippen molar-refractivity contribution in [2.45, 2.75) is 12.5 Å². The van der Waals surface area contributed by atoms with Gasteiger partial charge in [-0.3, -0.25) is 10.1 Å². The Kier molecular flexibility index (Phi) is 6.64. The first-order valence-electron chi connectivity index (χ1n) is 11.1. The molecule has 2 aromatic carbocycles. The van der Waals surface area contributed by atoms with Crippen molar-refractivity contribution in [3.05, 3.63) is 60.2 Å². The SMILES string of the molecule is COc1ccc(C2=CC(=O)[N+](CC(=O)Nc3nc(-c4ccccc4)ns3)=C2)cc1O[C@@H]1CCOC1. The van der Waals surface area contributed by atoms with Gasteiger partial charge in [0, 0.05) is 23.5 Å².